The van der Waals surface area contributed by atoms with Crippen LogP contribution in [0.25, 0.3) is 11.4 Å². The molecule has 1 aromatic carbocycles. The van der Waals surface area contributed by atoms with E-state index in [1.54, 1.807) is 45.7 Å². The monoisotopic (exact) mass is 383 g/mol. The van der Waals surface area contributed by atoms with E-state index in [-0.39, 0.29) is 11.6 Å². The lowest BCUT2D eigenvalue weighted by Gasteiger charge is -2.17. The number of aryl methyl sites for hydroxylation is 3. The molecule has 0 spiro atoms. The van der Waals surface area contributed by atoms with E-state index in [0.29, 0.717) is 30.0 Å². The summed E-state index contributed by atoms with van der Waals surface area (Å²) in [6.45, 7) is 7.56. The number of nitrogens with zero attached hydrogens (tertiary/aromatic N) is 3. The number of rotatable bonds is 5. The Labute approximate surface area is 164 Å². The lowest BCUT2D eigenvalue weighted by Crippen LogP contribution is -2.25. The summed E-state index contributed by atoms with van der Waals surface area (Å²) in [6.07, 6.45) is 2.24. The quantitative estimate of drug-likeness (QED) is 0.678. The van der Waals surface area contributed by atoms with Crippen molar-refractivity contribution >= 4 is 5.97 Å². The van der Waals surface area contributed by atoms with Crippen molar-refractivity contribution in [1.29, 1.82) is 0 Å². The minimum absolute atomic E-state index is 0.0178. The highest BCUT2D eigenvalue weighted by Crippen LogP contribution is 2.41. The summed E-state index contributed by atoms with van der Waals surface area (Å²) in [4.78, 5) is 20.9. The van der Waals surface area contributed by atoms with Gasteiger partial charge in [0.1, 0.15) is 11.3 Å². The Morgan fingerprint density at radius 3 is 2.50 bits per heavy atom. The number of carbonyl (C=O) groups is 1. The Morgan fingerprint density at radius 1 is 1.21 bits per heavy atom. The van der Waals surface area contributed by atoms with Crippen LogP contribution in [0.5, 0.6) is 17.4 Å². The summed E-state index contributed by atoms with van der Waals surface area (Å²) in [5, 5.41) is 10.8. The highest BCUT2D eigenvalue weighted by atomic mass is 16.5. The van der Waals surface area contributed by atoms with E-state index in [2.05, 4.69) is 9.97 Å². The molecule has 0 aromatic heterocycles. The summed E-state index contributed by atoms with van der Waals surface area (Å²) in [5.41, 5.74) is 1.30. The maximum absolute atomic E-state index is 12.3. The number of hydrogen-bond donors (Lipinski definition) is 1. The fourth-order valence-corrected chi connectivity index (χ4v) is 2.74. The smallest absolute Gasteiger partial charge is 0.316 e. The van der Waals surface area contributed by atoms with E-state index < -0.39 is 11.4 Å². The van der Waals surface area contributed by atoms with Gasteiger partial charge in [-0.05, 0) is 51.8 Å². The van der Waals surface area contributed by atoms with Crippen LogP contribution in [-0.4, -0.2) is 32.7 Å². The van der Waals surface area contributed by atoms with Crippen molar-refractivity contribution in [1.82, 2.24) is 14.5 Å². The molecule has 0 fully saturated rings. The number of ether oxygens (including phenoxy) is 2. The summed E-state index contributed by atoms with van der Waals surface area (Å²) >= 11 is 0. The molecule has 0 aliphatic carbocycles. The highest BCUT2D eigenvalue weighted by molar-refractivity contribution is 5.83. The normalized spacial score (nSPS) is 11.6. The van der Waals surface area contributed by atoms with Gasteiger partial charge in [-0.15, -0.1) is 0 Å². The SMILES string of the molecule is COc1ccc(CCn2cnc3nc(C)c(OC(=O)C(C)(C)C)c-3c2O)cc1. The second kappa shape index (κ2) is 7.50. The van der Waals surface area contributed by atoms with Gasteiger partial charge in [0.15, 0.2) is 11.6 Å². The maximum Gasteiger partial charge on any atom is 0.316 e. The van der Waals surface area contributed by atoms with Gasteiger partial charge >= 0.3 is 5.97 Å². The van der Waals surface area contributed by atoms with Crippen LogP contribution in [0.2, 0.25) is 0 Å². The predicted octanol–water partition coefficient (Wildman–Crippen LogP) is 3.60. The first-order chi connectivity index (χ1) is 13.2. The molecule has 0 atom stereocenters. The van der Waals surface area contributed by atoms with Gasteiger partial charge in [-0.2, -0.15) is 0 Å². The first-order valence-corrected chi connectivity index (χ1v) is 9.10. The molecule has 0 radical (unpaired) electrons. The Hall–Kier alpha value is -3.09. The Balaban J connectivity index is 1.87. The van der Waals surface area contributed by atoms with Crippen LogP contribution in [0.3, 0.4) is 0 Å². The number of aromatic hydroxyl groups is 1. The zero-order valence-electron chi connectivity index (χ0n) is 16.8. The minimum Gasteiger partial charge on any atom is -0.497 e. The van der Waals surface area contributed by atoms with Crippen molar-refractivity contribution in [3.05, 3.63) is 41.9 Å². The van der Waals surface area contributed by atoms with Crippen LogP contribution >= 0.6 is 0 Å². The molecule has 0 saturated heterocycles. The van der Waals surface area contributed by atoms with Gasteiger partial charge in [-0.3, -0.25) is 4.79 Å². The number of benzene rings is 1. The zero-order valence-corrected chi connectivity index (χ0v) is 16.8. The topological polar surface area (TPSA) is 86.5 Å². The van der Waals surface area contributed by atoms with Crippen LogP contribution in [0, 0.1) is 12.3 Å². The molecule has 2 aliphatic heterocycles. The third kappa shape index (κ3) is 3.93. The molecule has 1 aromatic rings. The molecular weight excluding hydrogens is 358 g/mol. The second-order valence-electron chi connectivity index (χ2n) is 7.72. The van der Waals surface area contributed by atoms with Crippen LogP contribution in [0.15, 0.2) is 30.6 Å². The van der Waals surface area contributed by atoms with E-state index in [4.69, 9.17) is 9.47 Å². The second-order valence-corrected chi connectivity index (χ2v) is 7.72. The van der Waals surface area contributed by atoms with E-state index in [1.807, 2.05) is 24.3 Å². The molecule has 7 heteroatoms. The van der Waals surface area contributed by atoms with E-state index in [9.17, 15) is 9.90 Å². The highest BCUT2D eigenvalue weighted by Gasteiger charge is 2.30. The van der Waals surface area contributed by atoms with Gasteiger partial charge in [0.25, 0.3) is 0 Å². The molecule has 7 nitrogen and oxygen atoms in total. The van der Waals surface area contributed by atoms with Gasteiger partial charge < -0.3 is 19.1 Å². The summed E-state index contributed by atoms with van der Waals surface area (Å²) < 4.78 is 12.4. The summed E-state index contributed by atoms with van der Waals surface area (Å²) in [7, 11) is 1.63. The Bertz CT molecular complexity index is 955. The maximum atomic E-state index is 12.3. The molecule has 2 aliphatic rings. The molecule has 0 bridgehead atoms. The van der Waals surface area contributed by atoms with E-state index >= 15 is 0 Å². The lowest BCUT2D eigenvalue weighted by atomic mass is 9.97. The first kappa shape index (κ1) is 19.7. The number of esters is 1. The predicted molar refractivity (Wildman–Crippen MR) is 105 cm³/mol. The average Bonchev–Trinajstić information content (AvgIpc) is 2.97. The zero-order chi connectivity index (χ0) is 20.5. The molecule has 148 valence electrons. The van der Waals surface area contributed by atoms with Crippen molar-refractivity contribution in [3.63, 3.8) is 0 Å². The third-order valence-electron chi connectivity index (χ3n) is 4.48. The number of fused-ring (bicyclic) bond motifs is 1. The number of hydrogen-bond acceptors (Lipinski definition) is 6. The van der Waals surface area contributed by atoms with Crippen molar-refractivity contribution in [2.45, 2.75) is 40.7 Å². The average molecular weight is 383 g/mol. The van der Waals surface area contributed by atoms with E-state index in [0.717, 1.165) is 11.3 Å². The molecule has 3 rings (SSSR count). The van der Waals surface area contributed by atoms with Gasteiger partial charge in [0.05, 0.1) is 24.5 Å². The third-order valence-corrected chi connectivity index (χ3v) is 4.48. The van der Waals surface area contributed by atoms with Crippen molar-refractivity contribution in [2.75, 3.05) is 7.11 Å². The minimum atomic E-state index is -0.668. The van der Waals surface area contributed by atoms with Gasteiger partial charge in [0.2, 0.25) is 5.88 Å². The molecule has 0 amide bonds. The molecule has 28 heavy (non-hydrogen) atoms. The summed E-state index contributed by atoms with van der Waals surface area (Å²) in [5.74, 6) is 1.01. The van der Waals surface area contributed by atoms with Crippen molar-refractivity contribution in [3.8, 4) is 28.8 Å². The largest absolute Gasteiger partial charge is 0.497 e. The van der Waals surface area contributed by atoms with Crippen LogP contribution in [0.4, 0.5) is 0 Å². The fraction of sp³-hybridized carbons (Fsp3) is 0.381. The van der Waals surface area contributed by atoms with Crippen LogP contribution < -0.4 is 9.47 Å². The standard InChI is InChI=1S/C21H25N3O4/c1-13-17(28-20(26)21(2,3)4)16-18(23-13)22-12-24(19(16)25)11-10-14-6-8-15(27-5)9-7-14/h6-9,12,25H,10-11H2,1-5H3. The number of methoxy groups -OCH3 is 1. The van der Waals surface area contributed by atoms with Crippen LogP contribution in [0.1, 0.15) is 32.0 Å². The van der Waals surface area contributed by atoms with Gasteiger partial charge in [0, 0.05) is 6.54 Å². The lowest BCUT2D eigenvalue weighted by molar-refractivity contribution is -0.143. The Kier molecular flexibility index (Phi) is 5.27. The molecule has 2 heterocycles. The van der Waals surface area contributed by atoms with Crippen molar-refractivity contribution in [2.24, 2.45) is 5.41 Å². The Morgan fingerprint density at radius 2 is 1.89 bits per heavy atom. The molecule has 0 unspecified atom stereocenters. The first-order valence-electron chi connectivity index (χ1n) is 9.10. The summed E-state index contributed by atoms with van der Waals surface area (Å²) in [6, 6.07) is 7.76. The fourth-order valence-electron chi connectivity index (χ4n) is 2.74. The van der Waals surface area contributed by atoms with Gasteiger partial charge in [-0.1, -0.05) is 12.1 Å². The van der Waals surface area contributed by atoms with Crippen LogP contribution in [-0.2, 0) is 17.8 Å². The van der Waals surface area contributed by atoms with Gasteiger partial charge in [-0.25, -0.2) is 9.97 Å². The number of carbonyl (C=O) groups excluding carboxylic acids is 1. The molecular formula is C21H25N3O4. The molecule has 0 saturated carbocycles. The van der Waals surface area contributed by atoms with Crippen molar-refractivity contribution < 1.29 is 19.4 Å². The van der Waals surface area contributed by atoms with E-state index in [1.165, 1.54) is 0 Å². The number of aromatic nitrogens is 3. The molecule has 1 N–H and O–H groups in total.